The molecule has 5 nitrogen and oxygen atoms in total. The molecule has 5 rings (SSSR count). The molecule has 0 fully saturated rings. The Morgan fingerprint density at radius 2 is 1.52 bits per heavy atom. The summed E-state index contributed by atoms with van der Waals surface area (Å²) in [5, 5.41) is 11.4. The zero-order valence-corrected chi connectivity index (χ0v) is 28.1. The lowest BCUT2D eigenvalue weighted by Gasteiger charge is -2.27. The number of hydrogen-bond donors (Lipinski definition) is 1. The van der Waals surface area contributed by atoms with Crippen LogP contribution in [0.25, 0.3) is 0 Å². The van der Waals surface area contributed by atoms with Crippen LogP contribution in [-0.2, 0) is 20.3 Å². The Bertz CT molecular complexity index is 1570. The number of anilines is 1. The molecule has 1 aliphatic carbocycles. The van der Waals surface area contributed by atoms with Crippen molar-refractivity contribution in [2.24, 2.45) is 0 Å². The standard InChI is InChI=1S/C39H50N2O3/c1-27-11-17-33-31(25-27)38(3,4)35(40(33)21-9-23-43-7)19-15-29-13-14-30(37(29)42)16-20-36-39(5,6)32-26-28(2)12-18-34(32)41(36)22-10-24-44-8/h11-12,15-20,25-26H,9-10,13-14,21-24H2,1-8H3/p+1/b29-15?,35-19+. The third-order valence-electron chi connectivity index (χ3n) is 9.71. The van der Waals surface area contributed by atoms with E-state index >= 15 is 0 Å². The topological polar surface area (TPSA) is 44.9 Å². The third kappa shape index (κ3) is 5.97. The highest BCUT2D eigenvalue weighted by atomic mass is 16.5. The van der Waals surface area contributed by atoms with Crippen LogP contribution in [0.5, 0.6) is 0 Å². The number of nitrogens with zero attached hydrogens (tertiary/aromatic N) is 2. The lowest BCUT2D eigenvalue weighted by atomic mass is 9.80. The van der Waals surface area contributed by atoms with E-state index in [9.17, 15) is 5.11 Å². The molecule has 0 spiro atoms. The first-order chi connectivity index (χ1) is 21.0. The molecule has 44 heavy (non-hydrogen) atoms. The third-order valence-corrected chi connectivity index (χ3v) is 9.71. The average molecular weight is 596 g/mol. The minimum Gasteiger partial charge on any atom is -0.507 e. The lowest BCUT2D eigenvalue weighted by Crippen LogP contribution is -2.28. The van der Waals surface area contributed by atoms with E-state index in [-0.39, 0.29) is 10.8 Å². The Kier molecular flexibility index (Phi) is 9.38. The smallest absolute Gasteiger partial charge is 0.209 e. The second kappa shape index (κ2) is 12.9. The molecule has 0 aromatic heterocycles. The Morgan fingerprint density at radius 3 is 2.25 bits per heavy atom. The number of aliphatic hydroxyl groups excluding tert-OH is 1. The molecule has 0 bridgehead atoms. The summed E-state index contributed by atoms with van der Waals surface area (Å²) in [5.74, 6) is 0.420. The highest BCUT2D eigenvalue weighted by Crippen LogP contribution is 2.48. The second-order valence-electron chi connectivity index (χ2n) is 13.6. The van der Waals surface area contributed by atoms with Gasteiger partial charge in [0.25, 0.3) is 0 Å². The number of aryl methyl sites for hydroxylation is 2. The summed E-state index contributed by atoms with van der Waals surface area (Å²) < 4.78 is 13.2. The quantitative estimate of drug-likeness (QED) is 0.209. The van der Waals surface area contributed by atoms with Gasteiger partial charge in [-0.3, -0.25) is 0 Å². The first-order valence-electron chi connectivity index (χ1n) is 16.1. The van der Waals surface area contributed by atoms with E-state index in [1.807, 2.05) is 0 Å². The van der Waals surface area contributed by atoms with Crippen LogP contribution in [-0.4, -0.2) is 55.9 Å². The van der Waals surface area contributed by atoms with Gasteiger partial charge in [0.05, 0.1) is 12.0 Å². The molecule has 2 heterocycles. The normalized spacial score (nSPS) is 20.6. The fourth-order valence-corrected chi connectivity index (χ4v) is 7.19. The molecule has 2 aliphatic heterocycles. The number of hydrogen-bond acceptors (Lipinski definition) is 4. The maximum atomic E-state index is 11.4. The van der Waals surface area contributed by atoms with Crippen LogP contribution in [0.15, 0.2) is 83.3 Å². The summed E-state index contributed by atoms with van der Waals surface area (Å²) in [6.07, 6.45) is 12.4. The number of aliphatic hydroxyl groups is 1. The van der Waals surface area contributed by atoms with Crippen LogP contribution in [0.1, 0.15) is 75.6 Å². The maximum absolute atomic E-state index is 11.4. The second-order valence-corrected chi connectivity index (χ2v) is 13.6. The van der Waals surface area contributed by atoms with Crippen molar-refractivity contribution in [3.8, 4) is 0 Å². The number of rotatable bonds is 11. The van der Waals surface area contributed by atoms with Crippen molar-refractivity contribution < 1.29 is 19.2 Å². The fraction of sp³-hybridized carbons (Fsp3) is 0.462. The minimum absolute atomic E-state index is 0.128. The van der Waals surface area contributed by atoms with Gasteiger partial charge in [0.15, 0.2) is 12.3 Å². The summed E-state index contributed by atoms with van der Waals surface area (Å²) in [4.78, 5) is 2.44. The Hall–Kier alpha value is -3.41. The Labute approximate surface area is 264 Å². The Morgan fingerprint density at radius 1 is 0.841 bits per heavy atom. The van der Waals surface area contributed by atoms with Crippen molar-refractivity contribution in [3.05, 3.63) is 106 Å². The van der Waals surface area contributed by atoms with Crippen molar-refractivity contribution in [2.75, 3.05) is 45.4 Å². The van der Waals surface area contributed by atoms with E-state index in [0.717, 1.165) is 63.1 Å². The zero-order chi connectivity index (χ0) is 31.6. The SMILES string of the molecule is COCCCN1/C(=C/C=C2CCC(C=CC3=[N+](CCCOC)c4ccc(C)cc4C3(C)C)=C2O)C(C)(C)c2cc(C)ccc21. The van der Waals surface area contributed by atoms with Crippen LogP contribution in [0.2, 0.25) is 0 Å². The van der Waals surface area contributed by atoms with Gasteiger partial charge in [-0.1, -0.05) is 49.2 Å². The predicted molar refractivity (Wildman–Crippen MR) is 183 cm³/mol. The van der Waals surface area contributed by atoms with Crippen LogP contribution < -0.4 is 4.90 Å². The molecular weight excluding hydrogens is 544 g/mol. The van der Waals surface area contributed by atoms with Crippen molar-refractivity contribution in [2.45, 2.75) is 78.1 Å². The van der Waals surface area contributed by atoms with Gasteiger partial charge in [0, 0.05) is 68.3 Å². The molecule has 0 saturated carbocycles. The van der Waals surface area contributed by atoms with Gasteiger partial charge in [-0.2, -0.15) is 4.58 Å². The molecule has 0 radical (unpaired) electrons. The molecule has 0 atom stereocenters. The van der Waals surface area contributed by atoms with E-state index in [0.29, 0.717) is 5.76 Å². The van der Waals surface area contributed by atoms with Crippen molar-refractivity contribution in [1.82, 2.24) is 0 Å². The van der Waals surface area contributed by atoms with Gasteiger partial charge in [-0.25, -0.2) is 0 Å². The summed E-state index contributed by atoms with van der Waals surface area (Å²) in [5.41, 5.74) is 12.1. The van der Waals surface area contributed by atoms with Crippen LogP contribution >= 0.6 is 0 Å². The number of ether oxygens (including phenoxy) is 2. The van der Waals surface area contributed by atoms with Gasteiger partial charge in [-0.15, -0.1) is 0 Å². The van der Waals surface area contributed by atoms with Gasteiger partial charge in [0.1, 0.15) is 5.76 Å². The largest absolute Gasteiger partial charge is 0.507 e. The molecule has 0 saturated heterocycles. The summed E-state index contributed by atoms with van der Waals surface area (Å²) in [6, 6.07) is 13.6. The van der Waals surface area contributed by atoms with E-state index in [1.165, 1.54) is 45.0 Å². The maximum Gasteiger partial charge on any atom is 0.209 e. The number of allylic oxidation sites excluding steroid dienone is 7. The minimum atomic E-state index is -0.128. The molecule has 3 aliphatic rings. The van der Waals surface area contributed by atoms with Gasteiger partial charge >= 0.3 is 0 Å². The first kappa shape index (κ1) is 32.0. The van der Waals surface area contributed by atoms with Crippen molar-refractivity contribution >= 4 is 17.1 Å². The lowest BCUT2D eigenvalue weighted by molar-refractivity contribution is -0.438. The van der Waals surface area contributed by atoms with Gasteiger partial charge < -0.3 is 19.5 Å². The molecule has 2 aromatic carbocycles. The molecule has 0 unspecified atom stereocenters. The van der Waals surface area contributed by atoms with E-state index < -0.39 is 0 Å². The highest BCUT2D eigenvalue weighted by Gasteiger charge is 2.44. The summed E-state index contributed by atoms with van der Waals surface area (Å²) in [6.45, 7) is 16.8. The zero-order valence-electron chi connectivity index (χ0n) is 28.1. The van der Waals surface area contributed by atoms with Crippen LogP contribution in [0.4, 0.5) is 11.4 Å². The van der Waals surface area contributed by atoms with Crippen molar-refractivity contribution in [3.63, 3.8) is 0 Å². The van der Waals surface area contributed by atoms with E-state index in [2.05, 4.69) is 112 Å². The molecule has 1 N–H and O–H groups in total. The average Bonchev–Trinajstić information content (AvgIpc) is 3.51. The number of benzene rings is 2. The fourth-order valence-electron chi connectivity index (χ4n) is 7.19. The van der Waals surface area contributed by atoms with Gasteiger partial charge in [-0.05, 0) is 88.0 Å². The van der Waals surface area contributed by atoms with Crippen LogP contribution in [0.3, 0.4) is 0 Å². The summed E-state index contributed by atoms with van der Waals surface area (Å²) in [7, 11) is 3.52. The first-order valence-corrected chi connectivity index (χ1v) is 16.1. The van der Waals surface area contributed by atoms with E-state index in [4.69, 9.17) is 9.47 Å². The Balaban J connectivity index is 1.46. The number of fused-ring (bicyclic) bond motifs is 2. The number of methoxy groups -OCH3 is 2. The molecule has 2 aromatic rings. The van der Waals surface area contributed by atoms with Crippen molar-refractivity contribution in [1.29, 1.82) is 0 Å². The predicted octanol–water partition coefficient (Wildman–Crippen LogP) is 8.52. The summed E-state index contributed by atoms with van der Waals surface area (Å²) >= 11 is 0. The highest BCUT2D eigenvalue weighted by molar-refractivity contribution is 6.03. The van der Waals surface area contributed by atoms with Crippen LogP contribution in [0, 0.1) is 13.8 Å². The molecule has 0 amide bonds. The molecule has 5 heteroatoms. The van der Waals surface area contributed by atoms with E-state index in [1.54, 1.807) is 14.2 Å². The van der Waals surface area contributed by atoms with Gasteiger partial charge in [0.2, 0.25) is 5.69 Å². The molecule has 234 valence electrons. The molecular formula is C39H51N2O3+. The monoisotopic (exact) mass is 595 g/mol.